The van der Waals surface area contributed by atoms with Gasteiger partial charge in [0.05, 0.1) is 17.6 Å². The lowest BCUT2D eigenvalue weighted by Crippen LogP contribution is -2.58. The van der Waals surface area contributed by atoms with E-state index >= 15 is 0 Å². The molecule has 1 aromatic rings. The second-order valence-corrected chi connectivity index (χ2v) is 6.84. The Morgan fingerprint density at radius 2 is 1.89 bits per heavy atom. The van der Waals surface area contributed by atoms with Crippen LogP contribution in [0.2, 0.25) is 0 Å². The first-order valence-corrected chi connectivity index (χ1v) is 8.84. The smallest absolute Gasteiger partial charge is 0.331 e. The summed E-state index contributed by atoms with van der Waals surface area (Å²) in [6, 6.07) is 3.74. The van der Waals surface area contributed by atoms with E-state index in [0.717, 1.165) is 25.3 Å². The lowest BCUT2D eigenvalue weighted by molar-refractivity contribution is -0.385. The van der Waals surface area contributed by atoms with Gasteiger partial charge < -0.3 is 10.1 Å². The zero-order valence-corrected chi connectivity index (χ0v) is 15.2. The molecular formula is C18H19N3O7. The fourth-order valence-corrected chi connectivity index (χ4v) is 3.79. The van der Waals surface area contributed by atoms with E-state index in [0.29, 0.717) is 17.7 Å². The van der Waals surface area contributed by atoms with Gasteiger partial charge in [-0.25, -0.2) is 4.79 Å². The highest BCUT2D eigenvalue weighted by atomic mass is 16.6. The van der Waals surface area contributed by atoms with Crippen molar-refractivity contribution in [3.05, 3.63) is 39.4 Å². The van der Waals surface area contributed by atoms with E-state index in [2.05, 4.69) is 5.32 Å². The van der Waals surface area contributed by atoms with E-state index in [9.17, 15) is 29.3 Å². The summed E-state index contributed by atoms with van der Waals surface area (Å²) < 4.78 is 4.82. The van der Waals surface area contributed by atoms with Gasteiger partial charge >= 0.3 is 5.97 Å². The average Bonchev–Trinajstić information content (AvgIpc) is 2.92. The summed E-state index contributed by atoms with van der Waals surface area (Å²) >= 11 is 0. The van der Waals surface area contributed by atoms with Gasteiger partial charge in [-0.3, -0.25) is 29.4 Å². The van der Waals surface area contributed by atoms with Crippen molar-refractivity contribution in [2.75, 3.05) is 13.7 Å². The second-order valence-electron chi connectivity index (χ2n) is 6.84. The molecule has 10 heteroatoms. The molecule has 0 unspecified atom stereocenters. The van der Waals surface area contributed by atoms with Crippen molar-refractivity contribution >= 4 is 29.4 Å². The summed E-state index contributed by atoms with van der Waals surface area (Å²) in [5.74, 6) is -2.96. The maximum atomic E-state index is 12.6. The fraction of sp³-hybridized carbons (Fsp3) is 0.444. The minimum Gasteiger partial charge on any atom is -0.467 e. The molecule has 1 aromatic carbocycles. The molecule has 1 fully saturated rings. The van der Waals surface area contributed by atoms with Crippen molar-refractivity contribution in [3.63, 3.8) is 0 Å². The quantitative estimate of drug-likeness (QED) is 0.346. The first kappa shape index (κ1) is 19.5. The van der Waals surface area contributed by atoms with E-state index in [1.54, 1.807) is 0 Å². The van der Waals surface area contributed by atoms with Gasteiger partial charge in [0, 0.05) is 6.07 Å². The number of nitrogens with one attached hydrogen (secondary N) is 1. The Kier molecular flexibility index (Phi) is 5.12. The Bertz CT molecular complexity index is 874. The van der Waals surface area contributed by atoms with Crippen molar-refractivity contribution < 1.29 is 28.8 Å². The Hall–Kier alpha value is -3.30. The number of ether oxygens (including phenoxy) is 1. The molecule has 1 N–H and O–H groups in total. The Labute approximate surface area is 160 Å². The fourth-order valence-electron chi connectivity index (χ4n) is 3.79. The minimum atomic E-state index is -1.19. The van der Waals surface area contributed by atoms with Gasteiger partial charge in [0.2, 0.25) is 5.91 Å². The van der Waals surface area contributed by atoms with Crippen molar-refractivity contribution in [1.82, 2.24) is 10.2 Å². The molecule has 0 bridgehead atoms. The number of nitro groups is 1. The van der Waals surface area contributed by atoms with Gasteiger partial charge in [-0.1, -0.05) is 25.3 Å². The topological polar surface area (TPSA) is 136 Å². The van der Waals surface area contributed by atoms with Crippen LogP contribution in [0.25, 0.3) is 0 Å². The maximum absolute atomic E-state index is 12.6. The monoisotopic (exact) mass is 389 g/mol. The highest BCUT2D eigenvalue weighted by molar-refractivity contribution is 6.24. The molecule has 1 heterocycles. The number of imide groups is 1. The molecule has 0 spiro atoms. The number of fused-ring (bicyclic) bond motifs is 1. The molecule has 0 aromatic heterocycles. The predicted octanol–water partition coefficient (Wildman–Crippen LogP) is 1.18. The number of carbonyl (C=O) groups excluding carboxylic acids is 4. The van der Waals surface area contributed by atoms with Crippen LogP contribution in [0.1, 0.15) is 52.8 Å². The Balaban J connectivity index is 1.80. The van der Waals surface area contributed by atoms with E-state index in [4.69, 9.17) is 4.74 Å². The third kappa shape index (κ3) is 3.21. The standard InChI is InChI=1S/C18H19N3O7/c1-28-17(25)18(8-3-2-4-9-18)19-13(22)10-20-15(23)11-6-5-7-12(21(26)27)14(11)16(20)24/h5-7H,2-4,8-10H2,1H3,(H,19,22). The molecule has 10 nitrogen and oxygen atoms in total. The van der Waals surface area contributed by atoms with Crippen molar-refractivity contribution in [3.8, 4) is 0 Å². The summed E-state index contributed by atoms with van der Waals surface area (Å²) in [5.41, 5.74) is -2.12. The average molecular weight is 389 g/mol. The van der Waals surface area contributed by atoms with Crippen molar-refractivity contribution in [1.29, 1.82) is 0 Å². The molecule has 148 valence electrons. The number of nitro benzene ring substituents is 1. The van der Waals surface area contributed by atoms with Gasteiger partial charge in [0.1, 0.15) is 17.6 Å². The van der Waals surface area contributed by atoms with Gasteiger partial charge in [-0.2, -0.15) is 0 Å². The number of methoxy groups -OCH3 is 1. The number of hydrogen-bond acceptors (Lipinski definition) is 7. The normalized spacial score (nSPS) is 17.8. The summed E-state index contributed by atoms with van der Waals surface area (Å²) in [6.07, 6.45) is 3.19. The third-order valence-electron chi connectivity index (χ3n) is 5.14. The molecule has 1 saturated carbocycles. The van der Waals surface area contributed by atoms with Crippen LogP contribution < -0.4 is 5.32 Å². The SMILES string of the molecule is COC(=O)C1(NC(=O)CN2C(=O)c3cccc([N+](=O)[O-])c3C2=O)CCCCC1. The second kappa shape index (κ2) is 7.37. The van der Waals surface area contributed by atoms with Crippen molar-refractivity contribution in [2.45, 2.75) is 37.6 Å². The molecule has 1 aliphatic heterocycles. The summed E-state index contributed by atoms with van der Waals surface area (Å²) in [6.45, 7) is -0.637. The number of benzene rings is 1. The van der Waals surface area contributed by atoms with Crippen LogP contribution in [0.5, 0.6) is 0 Å². The molecule has 28 heavy (non-hydrogen) atoms. The lowest BCUT2D eigenvalue weighted by atomic mass is 9.81. The molecule has 0 atom stereocenters. The van der Waals surface area contributed by atoms with Gasteiger partial charge in [0.15, 0.2) is 0 Å². The van der Waals surface area contributed by atoms with Crippen molar-refractivity contribution in [2.24, 2.45) is 0 Å². The minimum absolute atomic E-state index is 0.118. The Morgan fingerprint density at radius 1 is 1.21 bits per heavy atom. The van der Waals surface area contributed by atoms with Crippen LogP contribution in [0.3, 0.4) is 0 Å². The van der Waals surface area contributed by atoms with Gasteiger partial charge in [0.25, 0.3) is 17.5 Å². The van der Waals surface area contributed by atoms with Crippen LogP contribution in [-0.4, -0.2) is 52.7 Å². The van der Waals surface area contributed by atoms with E-state index in [1.165, 1.54) is 19.2 Å². The predicted molar refractivity (Wildman–Crippen MR) is 94.4 cm³/mol. The maximum Gasteiger partial charge on any atom is 0.331 e. The highest BCUT2D eigenvalue weighted by Gasteiger charge is 2.45. The largest absolute Gasteiger partial charge is 0.467 e. The third-order valence-corrected chi connectivity index (χ3v) is 5.14. The van der Waals surface area contributed by atoms with Gasteiger partial charge in [-0.05, 0) is 18.9 Å². The van der Waals surface area contributed by atoms with Crippen LogP contribution in [0.15, 0.2) is 18.2 Å². The first-order valence-electron chi connectivity index (χ1n) is 8.84. The molecule has 0 radical (unpaired) electrons. The number of esters is 1. The van der Waals surface area contributed by atoms with Crippen LogP contribution >= 0.6 is 0 Å². The van der Waals surface area contributed by atoms with Crippen LogP contribution in [0, 0.1) is 10.1 Å². The van der Waals surface area contributed by atoms with E-state index in [-0.39, 0.29) is 11.1 Å². The van der Waals surface area contributed by atoms with E-state index in [1.807, 2.05) is 0 Å². The Morgan fingerprint density at radius 3 is 2.50 bits per heavy atom. The number of hydrogen-bond donors (Lipinski definition) is 1. The molecule has 3 rings (SSSR count). The van der Waals surface area contributed by atoms with E-state index < -0.39 is 46.4 Å². The summed E-state index contributed by atoms with van der Waals surface area (Å²) in [5, 5.41) is 13.8. The molecule has 0 saturated heterocycles. The van der Waals surface area contributed by atoms with Crippen LogP contribution in [0.4, 0.5) is 5.69 Å². The molecule has 2 aliphatic rings. The number of carbonyl (C=O) groups is 4. The highest BCUT2D eigenvalue weighted by Crippen LogP contribution is 2.32. The zero-order chi connectivity index (χ0) is 20.5. The summed E-state index contributed by atoms with van der Waals surface area (Å²) in [4.78, 5) is 60.9. The molecule has 1 aliphatic carbocycles. The zero-order valence-electron chi connectivity index (χ0n) is 15.2. The number of nitrogens with zero attached hydrogens (tertiary/aromatic N) is 2. The van der Waals surface area contributed by atoms with Crippen LogP contribution in [-0.2, 0) is 14.3 Å². The lowest BCUT2D eigenvalue weighted by Gasteiger charge is -2.35. The number of amides is 3. The number of rotatable bonds is 5. The summed E-state index contributed by atoms with van der Waals surface area (Å²) in [7, 11) is 1.23. The molecule has 3 amide bonds. The van der Waals surface area contributed by atoms with Gasteiger partial charge in [-0.15, -0.1) is 0 Å². The first-order chi connectivity index (χ1) is 13.3. The molecular weight excluding hydrogens is 370 g/mol.